The number of rotatable bonds is 3. The lowest BCUT2D eigenvalue weighted by atomic mass is 9.59. The molecule has 1 aliphatic heterocycles. The number of allylic oxidation sites excluding steroid dienone is 6. The quantitative estimate of drug-likeness (QED) is 0.288. The Morgan fingerprint density at radius 1 is 0.947 bits per heavy atom. The van der Waals surface area contributed by atoms with Crippen molar-refractivity contribution in [2.45, 2.75) is 32.6 Å². The summed E-state index contributed by atoms with van der Waals surface area (Å²) >= 11 is 0. The third-order valence-corrected chi connectivity index (χ3v) is 8.34. The topological polar surface area (TPSA) is 109 Å². The summed E-state index contributed by atoms with van der Waals surface area (Å²) in [6.45, 7) is 3.05. The van der Waals surface area contributed by atoms with E-state index in [0.717, 1.165) is 5.57 Å². The second-order valence-corrected chi connectivity index (χ2v) is 10.4. The van der Waals surface area contributed by atoms with E-state index in [1.54, 1.807) is 49.4 Å². The molecule has 6 rings (SSSR count). The van der Waals surface area contributed by atoms with Crippen LogP contribution in [0, 0.1) is 17.8 Å². The first-order valence-corrected chi connectivity index (χ1v) is 12.7. The minimum absolute atomic E-state index is 0.000518. The van der Waals surface area contributed by atoms with Crippen molar-refractivity contribution in [2.24, 2.45) is 17.8 Å². The van der Waals surface area contributed by atoms with Gasteiger partial charge in [0, 0.05) is 33.8 Å². The molecule has 190 valence electrons. The zero-order valence-corrected chi connectivity index (χ0v) is 20.9. The van der Waals surface area contributed by atoms with Crippen LogP contribution < -0.4 is 4.90 Å². The van der Waals surface area contributed by atoms with Crippen LogP contribution in [0.25, 0.3) is 0 Å². The van der Waals surface area contributed by atoms with Gasteiger partial charge in [-0.25, -0.2) is 0 Å². The van der Waals surface area contributed by atoms with E-state index < -0.39 is 23.7 Å². The molecule has 38 heavy (non-hydrogen) atoms. The van der Waals surface area contributed by atoms with Gasteiger partial charge in [0.05, 0.1) is 17.5 Å². The van der Waals surface area contributed by atoms with Crippen molar-refractivity contribution < 1.29 is 29.1 Å². The third kappa shape index (κ3) is 3.38. The first-order valence-electron chi connectivity index (χ1n) is 12.7. The molecule has 2 aromatic carbocycles. The number of nitrogens with zero attached hydrogens (tertiary/aromatic N) is 1. The number of hydrogen-bond acceptors (Lipinski definition) is 6. The molecule has 0 aromatic heterocycles. The van der Waals surface area contributed by atoms with Crippen LogP contribution in [0.2, 0.25) is 0 Å². The van der Waals surface area contributed by atoms with E-state index in [1.807, 2.05) is 6.08 Å². The van der Waals surface area contributed by atoms with E-state index >= 15 is 0 Å². The van der Waals surface area contributed by atoms with Crippen molar-refractivity contribution in [3.8, 4) is 5.75 Å². The first kappa shape index (κ1) is 24.0. The van der Waals surface area contributed by atoms with Crippen LogP contribution in [0.3, 0.4) is 0 Å². The number of amides is 2. The number of anilines is 1. The standard InChI is InChI=1S/C31H25NO6/c1-15-13-25(35)28-23(29(15)36)14-22-19(26(28)20-5-3-4-6-24(20)34)11-12-21-27(22)31(38)32(30(21)37)18-9-7-17(8-10-18)16(2)33/h3-11,13,21-22,26-27,34H,12,14H2,1-2H3. The SMILES string of the molecule is CC(=O)c1ccc(N2C(=O)C3CC=C4C(c5ccccc5O)C5=C(CC4C3C2=O)C(=O)C(C)=CC5=O)cc1. The Hall–Kier alpha value is -4.39. The smallest absolute Gasteiger partial charge is 0.238 e. The molecule has 7 heteroatoms. The van der Waals surface area contributed by atoms with Crippen LogP contribution in [0.4, 0.5) is 5.69 Å². The van der Waals surface area contributed by atoms with E-state index in [2.05, 4.69) is 0 Å². The molecule has 2 aromatic rings. The number of aromatic hydroxyl groups is 1. The van der Waals surface area contributed by atoms with E-state index in [0.29, 0.717) is 40.0 Å². The highest BCUT2D eigenvalue weighted by molar-refractivity contribution is 6.25. The third-order valence-electron chi connectivity index (χ3n) is 8.34. The van der Waals surface area contributed by atoms with E-state index in [1.165, 1.54) is 24.0 Å². The fourth-order valence-corrected chi connectivity index (χ4v) is 6.57. The molecule has 0 bridgehead atoms. The molecule has 4 unspecified atom stereocenters. The van der Waals surface area contributed by atoms with Gasteiger partial charge in [0.25, 0.3) is 0 Å². The highest BCUT2D eigenvalue weighted by Gasteiger charge is 2.56. The first-order chi connectivity index (χ1) is 18.2. The Morgan fingerprint density at radius 3 is 2.34 bits per heavy atom. The number of Topliss-reactive ketones (excluding diaryl/α,β-unsaturated/α-hetero) is 2. The average molecular weight is 508 g/mol. The van der Waals surface area contributed by atoms with Crippen molar-refractivity contribution in [3.63, 3.8) is 0 Å². The molecule has 2 amide bonds. The van der Waals surface area contributed by atoms with Crippen LogP contribution >= 0.6 is 0 Å². The lowest BCUT2D eigenvalue weighted by Crippen LogP contribution is -2.39. The summed E-state index contributed by atoms with van der Waals surface area (Å²) in [5, 5.41) is 10.8. The molecule has 7 nitrogen and oxygen atoms in total. The minimum atomic E-state index is -0.702. The maximum absolute atomic E-state index is 13.9. The van der Waals surface area contributed by atoms with Gasteiger partial charge < -0.3 is 5.11 Å². The Bertz CT molecular complexity index is 1560. The summed E-state index contributed by atoms with van der Waals surface area (Å²) in [6, 6.07) is 13.1. The number of fused-ring (bicyclic) bond motifs is 3. The molecule has 0 spiro atoms. The van der Waals surface area contributed by atoms with Crippen molar-refractivity contribution in [1.29, 1.82) is 0 Å². The van der Waals surface area contributed by atoms with Crippen LogP contribution in [-0.4, -0.2) is 34.3 Å². The number of para-hydroxylation sites is 1. The maximum Gasteiger partial charge on any atom is 0.238 e. The molecule has 4 atom stereocenters. The zero-order valence-electron chi connectivity index (χ0n) is 20.9. The monoisotopic (exact) mass is 507 g/mol. The molecule has 3 aliphatic carbocycles. The summed E-state index contributed by atoms with van der Waals surface area (Å²) in [5.74, 6) is -3.75. The number of ketones is 3. The summed E-state index contributed by atoms with van der Waals surface area (Å²) in [4.78, 5) is 66.9. The second-order valence-electron chi connectivity index (χ2n) is 10.4. The summed E-state index contributed by atoms with van der Waals surface area (Å²) in [6.07, 6.45) is 3.76. The number of benzene rings is 2. The minimum Gasteiger partial charge on any atom is -0.508 e. The van der Waals surface area contributed by atoms with Crippen LogP contribution in [0.1, 0.15) is 48.5 Å². The number of phenolic OH excluding ortho intramolecular Hbond substituents is 1. The molecular formula is C31H25NO6. The predicted molar refractivity (Wildman–Crippen MR) is 138 cm³/mol. The number of carbonyl (C=O) groups excluding carboxylic acids is 5. The van der Waals surface area contributed by atoms with Gasteiger partial charge >= 0.3 is 0 Å². The van der Waals surface area contributed by atoms with Gasteiger partial charge in [0.1, 0.15) is 5.75 Å². The molecule has 0 saturated carbocycles. The van der Waals surface area contributed by atoms with Crippen molar-refractivity contribution >= 4 is 34.9 Å². The molecule has 4 aliphatic rings. The van der Waals surface area contributed by atoms with E-state index in [4.69, 9.17) is 0 Å². The van der Waals surface area contributed by atoms with Gasteiger partial charge in [-0.05, 0) is 69.0 Å². The number of phenols is 1. The lowest BCUT2D eigenvalue weighted by molar-refractivity contribution is -0.123. The normalized spacial score (nSPS) is 26.5. The van der Waals surface area contributed by atoms with Crippen molar-refractivity contribution in [1.82, 2.24) is 0 Å². The van der Waals surface area contributed by atoms with E-state index in [9.17, 15) is 29.1 Å². The highest BCUT2D eigenvalue weighted by atomic mass is 16.3. The van der Waals surface area contributed by atoms with Crippen LogP contribution in [-0.2, 0) is 19.2 Å². The Morgan fingerprint density at radius 2 is 1.66 bits per heavy atom. The van der Waals surface area contributed by atoms with Crippen molar-refractivity contribution in [3.05, 3.63) is 94.1 Å². The lowest BCUT2D eigenvalue weighted by Gasteiger charge is -2.42. The molecule has 0 radical (unpaired) electrons. The van der Waals surface area contributed by atoms with Crippen LogP contribution in [0.5, 0.6) is 5.75 Å². The summed E-state index contributed by atoms with van der Waals surface area (Å²) in [5.41, 5.74) is 3.21. The zero-order chi connectivity index (χ0) is 26.9. The van der Waals surface area contributed by atoms with Gasteiger partial charge in [-0.15, -0.1) is 0 Å². The molecular weight excluding hydrogens is 482 g/mol. The van der Waals surface area contributed by atoms with Gasteiger partial charge in [0.2, 0.25) is 11.8 Å². The van der Waals surface area contributed by atoms with Gasteiger partial charge in [0.15, 0.2) is 17.3 Å². The maximum atomic E-state index is 13.9. The number of carbonyl (C=O) groups is 5. The van der Waals surface area contributed by atoms with Gasteiger partial charge in [-0.2, -0.15) is 0 Å². The molecule has 1 heterocycles. The summed E-state index contributed by atoms with van der Waals surface area (Å²) < 4.78 is 0. The molecule has 1 N–H and O–H groups in total. The molecule has 1 saturated heterocycles. The predicted octanol–water partition coefficient (Wildman–Crippen LogP) is 4.23. The number of imide groups is 1. The second kappa shape index (κ2) is 8.58. The van der Waals surface area contributed by atoms with Gasteiger partial charge in [-0.3, -0.25) is 28.9 Å². The Balaban J connectivity index is 1.46. The highest BCUT2D eigenvalue weighted by Crippen LogP contribution is 2.56. The molecule has 1 fully saturated rings. The van der Waals surface area contributed by atoms with Crippen molar-refractivity contribution in [2.75, 3.05) is 4.90 Å². The fraction of sp³-hybridized carbons (Fsp3) is 0.258. The van der Waals surface area contributed by atoms with Gasteiger partial charge in [-0.1, -0.05) is 29.8 Å². The van der Waals surface area contributed by atoms with E-state index in [-0.39, 0.29) is 41.3 Å². The average Bonchev–Trinajstić information content (AvgIpc) is 3.16. The number of hydrogen-bond donors (Lipinski definition) is 1. The fourth-order valence-electron chi connectivity index (χ4n) is 6.57. The Labute approximate surface area is 219 Å². The Kier molecular flexibility index (Phi) is 5.42. The summed E-state index contributed by atoms with van der Waals surface area (Å²) in [7, 11) is 0. The largest absolute Gasteiger partial charge is 0.508 e. The van der Waals surface area contributed by atoms with Crippen LogP contribution in [0.15, 0.2) is 83.0 Å².